The molecule has 0 aliphatic heterocycles. The summed E-state index contributed by atoms with van der Waals surface area (Å²) in [5.41, 5.74) is 4.96. The lowest BCUT2D eigenvalue weighted by Crippen LogP contribution is -2.16. The van der Waals surface area contributed by atoms with Crippen LogP contribution in [0.2, 0.25) is 0 Å². The molecule has 0 aliphatic rings. The number of pyridine rings is 2. The first kappa shape index (κ1) is 17.1. The molecule has 0 unspecified atom stereocenters. The average Bonchev–Trinajstić information content (AvgIpc) is 3.08. The Bertz CT molecular complexity index is 1070. The molecular formula is C21H20N4O2. The van der Waals surface area contributed by atoms with Crippen molar-refractivity contribution < 1.29 is 9.84 Å². The van der Waals surface area contributed by atoms with Crippen LogP contribution in [-0.4, -0.2) is 40.3 Å². The summed E-state index contributed by atoms with van der Waals surface area (Å²) in [5.74, 6) is 0.882. The Morgan fingerprint density at radius 1 is 1.07 bits per heavy atom. The topological polar surface area (TPSA) is 83.1 Å². The number of aromatic hydroxyl groups is 1. The fourth-order valence-corrected chi connectivity index (χ4v) is 3.13. The molecular weight excluding hydrogens is 340 g/mol. The molecule has 0 fully saturated rings. The molecule has 0 radical (unpaired) electrons. The third-order valence-corrected chi connectivity index (χ3v) is 4.39. The maximum Gasteiger partial charge on any atom is 0.146 e. The number of phenols is 1. The van der Waals surface area contributed by atoms with Crippen molar-refractivity contribution in [2.24, 2.45) is 0 Å². The summed E-state index contributed by atoms with van der Waals surface area (Å²) in [5, 5.41) is 13.5. The molecule has 3 heterocycles. The number of fused-ring (bicyclic) bond motifs is 1. The fourth-order valence-electron chi connectivity index (χ4n) is 3.13. The van der Waals surface area contributed by atoms with E-state index in [9.17, 15) is 5.11 Å². The van der Waals surface area contributed by atoms with Crippen molar-refractivity contribution in [3.05, 3.63) is 61.1 Å². The van der Waals surface area contributed by atoms with Gasteiger partial charge in [-0.25, -0.2) is 0 Å². The van der Waals surface area contributed by atoms with Gasteiger partial charge < -0.3 is 20.1 Å². The minimum absolute atomic E-state index is 0.206. The third kappa shape index (κ3) is 3.22. The quantitative estimate of drug-likeness (QED) is 0.458. The summed E-state index contributed by atoms with van der Waals surface area (Å²) in [6.45, 7) is 1.26. The number of ether oxygens (including phenoxy) is 1. The lowest BCUT2D eigenvalue weighted by Gasteiger charge is -2.12. The van der Waals surface area contributed by atoms with Crippen LogP contribution in [-0.2, 0) is 0 Å². The van der Waals surface area contributed by atoms with Crippen LogP contribution in [0.1, 0.15) is 0 Å². The number of nitrogens with one attached hydrogen (secondary N) is 2. The van der Waals surface area contributed by atoms with Gasteiger partial charge in [-0.1, -0.05) is 18.2 Å². The monoisotopic (exact) mass is 360 g/mol. The summed E-state index contributed by atoms with van der Waals surface area (Å²) >= 11 is 0. The molecule has 3 N–H and O–H groups in total. The van der Waals surface area contributed by atoms with E-state index in [2.05, 4.69) is 20.3 Å². The smallest absolute Gasteiger partial charge is 0.146 e. The Labute approximate surface area is 156 Å². The van der Waals surface area contributed by atoms with Gasteiger partial charge in [0.25, 0.3) is 0 Å². The number of aromatic nitrogens is 3. The molecule has 1 aromatic carbocycles. The Hall–Kier alpha value is -3.38. The number of hydrogen-bond acceptors (Lipinski definition) is 5. The zero-order chi connectivity index (χ0) is 18.6. The Morgan fingerprint density at radius 2 is 1.96 bits per heavy atom. The molecule has 0 bridgehead atoms. The van der Waals surface area contributed by atoms with E-state index in [1.165, 1.54) is 0 Å². The Kier molecular flexibility index (Phi) is 4.72. The molecule has 0 amide bonds. The summed E-state index contributed by atoms with van der Waals surface area (Å²) < 4.78 is 5.92. The summed E-state index contributed by atoms with van der Waals surface area (Å²) in [4.78, 5) is 12.2. The van der Waals surface area contributed by atoms with Gasteiger partial charge >= 0.3 is 0 Å². The normalized spacial score (nSPS) is 11.0. The van der Waals surface area contributed by atoms with Crippen molar-refractivity contribution in [1.29, 1.82) is 0 Å². The molecule has 6 nitrogen and oxygen atoms in total. The molecule has 0 atom stereocenters. The van der Waals surface area contributed by atoms with Crippen LogP contribution in [0, 0.1) is 0 Å². The van der Waals surface area contributed by atoms with Gasteiger partial charge in [-0.15, -0.1) is 0 Å². The van der Waals surface area contributed by atoms with E-state index in [0.29, 0.717) is 12.4 Å². The first-order valence-electron chi connectivity index (χ1n) is 8.76. The fraction of sp³-hybridized carbons (Fsp3) is 0.143. The first-order valence-corrected chi connectivity index (χ1v) is 8.76. The van der Waals surface area contributed by atoms with Crippen LogP contribution in [0.4, 0.5) is 0 Å². The molecule has 4 rings (SSSR count). The highest BCUT2D eigenvalue weighted by Crippen LogP contribution is 2.43. The summed E-state index contributed by atoms with van der Waals surface area (Å²) in [7, 11) is 1.88. The van der Waals surface area contributed by atoms with Gasteiger partial charge in [0.05, 0.1) is 22.9 Å². The van der Waals surface area contributed by atoms with E-state index in [4.69, 9.17) is 4.74 Å². The predicted molar refractivity (Wildman–Crippen MR) is 106 cm³/mol. The first-order chi connectivity index (χ1) is 13.3. The zero-order valence-corrected chi connectivity index (χ0v) is 14.9. The van der Waals surface area contributed by atoms with Crippen LogP contribution < -0.4 is 10.1 Å². The molecule has 4 aromatic rings. The number of para-hydroxylation sites is 1. The number of H-pyrrole nitrogens is 1. The lowest BCUT2D eigenvalue weighted by molar-refractivity contribution is 0.318. The molecule has 27 heavy (non-hydrogen) atoms. The molecule has 0 saturated carbocycles. The predicted octanol–water partition coefficient (Wildman–Crippen LogP) is 3.60. The second-order valence-corrected chi connectivity index (χ2v) is 6.12. The Balaban J connectivity index is 1.94. The number of phenolic OH excluding ortho intramolecular Hbond substituents is 1. The van der Waals surface area contributed by atoms with Crippen LogP contribution in [0.5, 0.6) is 11.5 Å². The third-order valence-electron chi connectivity index (χ3n) is 4.39. The van der Waals surface area contributed by atoms with Gasteiger partial charge in [-0.3, -0.25) is 9.97 Å². The number of nitrogens with zero attached hydrogens (tertiary/aromatic N) is 2. The van der Waals surface area contributed by atoms with Crippen LogP contribution >= 0.6 is 0 Å². The van der Waals surface area contributed by atoms with Crippen molar-refractivity contribution in [2.45, 2.75) is 0 Å². The van der Waals surface area contributed by atoms with Gasteiger partial charge in [0.1, 0.15) is 18.1 Å². The van der Waals surface area contributed by atoms with Gasteiger partial charge in [0.15, 0.2) is 0 Å². The van der Waals surface area contributed by atoms with E-state index < -0.39 is 0 Å². The highest BCUT2D eigenvalue weighted by atomic mass is 16.5. The van der Waals surface area contributed by atoms with Crippen molar-refractivity contribution in [2.75, 3.05) is 20.2 Å². The van der Waals surface area contributed by atoms with E-state index in [1.54, 1.807) is 30.7 Å². The van der Waals surface area contributed by atoms with E-state index >= 15 is 0 Å². The number of aromatic amines is 1. The van der Waals surface area contributed by atoms with Gasteiger partial charge in [-0.05, 0) is 31.3 Å². The van der Waals surface area contributed by atoms with Gasteiger partial charge in [0.2, 0.25) is 0 Å². The molecule has 0 spiro atoms. The number of hydrogen-bond donors (Lipinski definition) is 3. The summed E-state index contributed by atoms with van der Waals surface area (Å²) in [6.07, 6.45) is 5.19. The minimum Gasteiger partial charge on any atom is -0.507 e. The van der Waals surface area contributed by atoms with Crippen molar-refractivity contribution in [3.8, 4) is 33.9 Å². The standard InChI is InChI=1S/C21H20N4O2/c1-22-11-12-27-18-13-23-10-8-15(18)20-19(14-5-2-3-7-17(14)26)21-16(25-20)6-4-9-24-21/h2-10,13,22,25-26H,11-12H2,1H3. The summed E-state index contributed by atoms with van der Waals surface area (Å²) in [6, 6.07) is 13.0. The van der Waals surface area contributed by atoms with E-state index in [0.717, 1.165) is 40.0 Å². The second-order valence-electron chi connectivity index (χ2n) is 6.12. The number of likely N-dealkylation sites (N-methyl/N-ethyl adjacent to an activating group) is 1. The second kappa shape index (κ2) is 7.47. The van der Waals surface area contributed by atoms with Crippen LogP contribution in [0.3, 0.4) is 0 Å². The van der Waals surface area contributed by atoms with Crippen LogP contribution in [0.25, 0.3) is 33.4 Å². The zero-order valence-electron chi connectivity index (χ0n) is 14.9. The molecule has 136 valence electrons. The number of rotatable bonds is 6. The van der Waals surface area contributed by atoms with Gasteiger partial charge in [0, 0.05) is 35.6 Å². The molecule has 6 heteroatoms. The highest BCUT2D eigenvalue weighted by Gasteiger charge is 2.20. The number of benzene rings is 1. The van der Waals surface area contributed by atoms with Crippen molar-refractivity contribution in [1.82, 2.24) is 20.3 Å². The largest absolute Gasteiger partial charge is 0.507 e. The maximum absolute atomic E-state index is 10.5. The van der Waals surface area contributed by atoms with Crippen LogP contribution in [0.15, 0.2) is 61.1 Å². The van der Waals surface area contributed by atoms with E-state index in [-0.39, 0.29) is 5.75 Å². The van der Waals surface area contributed by atoms with E-state index in [1.807, 2.05) is 37.4 Å². The molecule has 0 aliphatic carbocycles. The van der Waals surface area contributed by atoms with Crippen molar-refractivity contribution >= 4 is 11.0 Å². The lowest BCUT2D eigenvalue weighted by atomic mass is 9.99. The average molecular weight is 360 g/mol. The maximum atomic E-state index is 10.5. The Morgan fingerprint density at radius 3 is 2.81 bits per heavy atom. The molecule has 3 aromatic heterocycles. The van der Waals surface area contributed by atoms with Crippen molar-refractivity contribution in [3.63, 3.8) is 0 Å². The minimum atomic E-state index is 0.206. The van der Waals surface area contributed by atoms with Gasteiger partial charge in [-0.2, -0.15) is 0 Å². The SMILES string of the molecule is CNCCOc1cnccc1-c1[nH]c2cccnc2c1-c1ccccc1O. The molecule has 0 saturated heterocycles. The highest BCUT2D eigenvalue weighted by molar-refractivity contribution is 6.03.